The Bertz CT molecular complexity index is 685. The third-order valence-corrected chi connectivity index (χ3v) is 5.01. The highest BCUT2D eigenvalue weighted by Crippen LogP contribution is 2.24. The maximum Gasteiger partial charge on any atom is 0.312 e. The summed E-state index contributed by atoms with van der Waals surface area (Å²) in [6, 6.07) is -0.366. The Labute approximate surface area is 151 Å². The van der Waals surface area contributed by atoms with Gasteiger partial charge in [-0.1, -0.05) is 25.7 Å². The number of carbonyl (C=O) groups is 2. The van der Waals surface area contributed by atoms with Gasteiger partial charge in [-0.2, -0.15) is 5.10 Å². The molecular formula is C17H26N4O5. The van der Waals surface area contributed by atoms with Crippen molar-refractivity contribution in [2.75, 3.05) is 0 Å². The van der Waals surface area contributed by atoms with Crippen LogP contribution in [0.4, 0.5) is 5.69 Å². The second-order valence-corrected chi connectivity index (χ2v) is 6.86. The molecule has 1 heterocycles. The van der Waals surface area contributed by atoms with E-state index >= 15 is 0 Å². The summed E-state index contributed by atoms with van der Waals surface area (Å²) in [5.41, 5.74) is 0.699. The minimum atomic E-state index is -0.869. The first-order chi connectivity index (χ1) is 12.3. The van der Waals surface area contributed by atoms with Gasteiger partial charge >= 0.3 is 11.7 Å². The van der Waals surface area contributed by atoms with Crippen LogP contribution in [0, 0.1) is 29.9 Å². The molecule has 1 saturated carbocycles. The molecule has 1 aliphatic carbocycles. The lowest BCUT2D eigenvalue weighted by atomic mass is 9.86. The van der Waals surface area contributed by atoms with E-state index in [1.54, 1.807) is 13.8 Å². The smallest absolute Gasteiger partial charge is 0.312 e. The molecule has 1 aliphatic rings. The first-order valence-corrected chi connectivity index (χ1v) is 9.01. The number of nitrogens with zero attached hydrogens (tertiary/aromatic N) is 3. The predicted molar refractivity (Wildman–Crippen MR) is 93.7 cm³/mol. The van der Waals surface area contributed by atoms with Gasteiger partial charge in [0.2, 0.25) is 5.91 Å². The molecule has 0 radical (unpaired) electrons. The van der Waals surface area contributed by atoms with Crippen LogP contribution >= 0.6 is 0 Å². The molecule has 1 aromatic rings. The van der Waals surface area contributed by atoms with Crippen molar-refractivity contribution in [3.05, 3.63) is 21.5 Å². The molecule has 2 N–H and O–H groups in total. The van der Waals surface area contributed by atoms with Crippen molar-refractivity contribution in [3.8, 4) is 0 Å². The standard InChI is InChI=1S/C17H26N4O5/c1-11-16(21(25)26)12(2)20(19-11)10-9-15(22)18-14-8-6-4-3-5-7-13(14)17(23)24/h13-14H,3-10H2,1-2H3,(H,18,22)(H,23,24). The number of aliphatic carboxylic acids is 1. The Morgan fingerprint density at radius 3 is 2.50 bits per heavy atom. The van der Waals surface area contributed by atoms with Crippen molar-refractivity contribution in [3.63, 3.8) is 0 Å². The van der Waals surface area contributed by atoms with Gasteiger partial charge in [0.1, 0.15) is 11.4 Å². The van der Waals surface area contributed by atoms with Gasteiger partial charge in [-0.05, 0) is 26.7 Å². The normalized spacial score (nSPS) is 20.8. The summed E-state index contributed by atoms with van der Waals surface area (Å²) < 4.78 is 1.46. The number of amides is 1. The van der Waals surface area contributed by atoms with E-state index in [0.717, 1.165) is 25.7 Å². The minimum absolute atomic E-state index is 0.0311. The summed E-state index contributed by atoms with van der Waals surface area (Å²) in [6.45, 7) is 3.38. The fraction of sp³-hybridized carbons (Fsp3) is 0.706. The molecule has 1 amide bonds. The molecule has 1 fully saturated rings. The molecule has 0 spiro atoms. The third kappa shape index (κ3) is 4.80. The summed E-state index contributed by atoms with van der Waals surface area (Å²) in [5.74, 6) is -1.68. The first kappa shape index (κ1) is 19.9. The third-order valence-electron chi connectivity index (χ3n) is 5.01. The van der Waals surface area contributed by atoms with Crippen molar-refractivity contribution in [2.24, 2.45) is 5.92 Å². The van der Waals surface area contributed by atoms with Crippen LogP contribution in [0.1, 0.15) is 56.3 Å². The Balaban J connectivity index is 1.98. The van der Waals surface area contributed by atoms with E-state index in [-0.39, 0.29) is 30.6 Å². The summed E-state index contributed by atoms with van der Waals surface area (Å²) in [5, 5.41) is 27.5. The quantitative estimate of drug-likeness (QED) is 0.587. The molecule has 144 valence electrons. The highest BCUT2D eigenvalue weighted by molar-refractivity contribution is 5.78. The van der Waals surface area contributed by atoms with Gasteiger partial charge < -0.3 is 10.4 Å². The van der Waals surface area contributed by atoms with Gasteiger partial charge in [0.15, 0.2) is 0 Å². The summed E-state index contributed by atoms with van der Waals surface area (Å²) >= 11 is 0. The van der Waals surface area contributed by atoms with Gasteiger partial charge in [-0.3, -0.25) is 24.4 Å². The Kier molecular flexibility index (Phi) is 6.70. The van der Waals surface area contributed by atoms with E-state index in [1.165, 1.54) is 4.68 Å². The molecule has 9 nitrogen and oxygen atoms in total. The van der Waals surface area contributed by atoms with E-state index in [1.807, 2.05) is 0 Å². The number of carboxylic acids is 1. The number of nitrogens with one attached hydrogen (secondary N) is 1. The van der Waals surface area contributed by atoms with Gasteiger partial charge in [-0.25, -0.2) is 0 Å². The lowest BCUT2D eigenvalue weighted by molar-refractivity contribution is -0.386. The SMILES string of the molecule is Cc1nn(CCC(=O)NC2CCCCCCC2C(=O)O)c(C)c1[N+](=O)[O-]. The Hall–Kier alpha value is -2.45. The Morgan fingerprint density at radius 2 is 1.92 bits per heavy atom. The van der Waals surface area contributed by atoms with Crippen molar-refractivity contribution in [1.82, 2.24) is 15.1 Å². The molecule has 2 atom stereocenters. The maximum absolute atomic E-state index is 12.3. The number of aromatic nitrogens is 2. The zero-order valence-electron chi connectivity index (χ0n) is 15.2. The number of hydrogen-bond donors (Lipinski definition) is 2. The fourth-order valence-electron chi connectivity index (χ4n) is 3.61. The molecular weight excluding hydrogens is 340 g/mol. The van der Waals surface area contributed by atoms with Gasteiger partial charge in [0, 0.05) is 12.5 Å². The summed E-state index contributed by atoms with van der Waals surface area (Å²) in [4.78, 5) is 34.4. The highest BCUT2D eigenvalue weighted by atomic mass is 16.6. The van der Waals surface area contributed by atoms with Crippen molar-refractivity contribution >= 4 is 17.6 Å². The molecule has 26 heavy (non-hydrogen) atoms. The monoisotopic (exact) mass is 366 g/mol. The molecule has 0 aliphatic heterocycles. The van der Waals surface area contributed by atoms with Crippen LogP contribution in [0.15, 0.2) is 0 Å². The average molecular weight is 366 g/mol. The summed E-state index contributed by atoms with van der Waals surface area (Å²) in [6.07, 6.45) is 5.17. The zero-order chi connectivity index (χ0) is 19.3. The highest BCUT2D eigenvalue weighted by Gasteiger charge is 2.30. The molecule has 0 aromatic carbocycles. The van der Waals surface area contributed by atoms with Crippen LogP contribution in [0.25, 0.3) is 0 Å². The molecule has 2 unspecified atom stereocenters. The van der Waals surface area contributed by atoms with E-state index in [4.69, 9.17) is 0 Å². The van der Waals surface area contributed by atoms with Crippen LogP contribution in [0.2, 0.25) is 0 Å². The zero-order valence-corrected chi connectivity index (χ0v) is 15.2. The number of hydrogen-bond acceptors (Lipinski definition) is 5. The van der Waals surface area contributed by atoms with Gasteiger partial charge in [-0.15, -0.1) is 0 Å². The van der Waals surface area contributed by atoms with E-state index < -0.39 is 16.8 Å². The number of aryl methyl sites for hydroxylation is 2. The molecule has 0 bridgehead atoms. The maximum atomic E-state index is 12.3. The average Bonchev–Trinajstić information content (AvgIpc) is 2.81. The second kappa shape index (κ2) is 8.77. The van der Waals surface area contributed by atoms with Gasteiger partial charge in [0.25, 0.3) is 0 Å². The topological polar surface area (TPSA) is 127 Å². The van der Waals surface area contributed by atoms with E-state index in [9.17, 15) is 24.8 Å². The minimum Gasteiger partial charge on any atom is -0.481 e. The van der Waals surface area contributed by atoms with Crippen molar-refractivity contribution in [2.45, 2.75) is 71.4 Å². The number of rotatable bonds is 6. The molecule has 9 heteroatoms. The second-order valence-electron chi connectivity index (χ2n) is 6.86. The largest absolute Gasteiger partial charge is 0.481 e. The van der Waals surface area contributed by atoms with Crippen LogP contribution in [-0.4, -0.2) is 37.7 Å². The molecule has 2 rings (SSSR count). The number of carbonyl (C=O) groups excluding carboxylic acids is 1. The first-order valence-electron chi connectivity index (χ1n) is 9.01. The molecule has 1 aromatic heterocycles. The van der Waals surface area contributed by atoms with Crippen LogP contribution in [-0.2, 0) is 16.1 Å². The fourth-order valence-corrected chi connectivity index (χ4v) is 3.61. The molecule has 0 saturated heterocycles. The summed E-state index contributed by atoms with van der Waals surface area (Å²) in [7, 11) is 0. The lowest BCUT2D eigenvalue weighted by Crippen LogP contribution is -2.44. The van der Waals surface area contributed by atoms with Crippen LogP contribution in [0.3, 0.4) is 0 Å². The van der Waals surface area contributed by atoms with Gasteiger partial charge in [0.05, 0.1) is 17.4 Å². The number of carboxylic acid groups (broad SMARTS) is 1. The predicted octanol–water partition coefficient (Wildman–Crippen LogP) is 2.34. The lowest BCUT2D eigenvalue weighted by Gasteiger charge is -2.27. The van der Waals surface area contributed by atoms with Crippen LogP contribution < -0.4 is 5.32 Å². The number of nitro groups is 1. The Morgan fingerprint density at radius 1 is 1.27 bits per heavy atom. The van der Waals surface area contributed by atoms with Crippen molar-refractivity contribution < 1.29 is 19.6 Å². The van der Waals surface area contributed by atoms with Crippen LogP contribution in [0.5, 0.6) is 0 Å². The van der Waals surface area contributed by atoms with E-state index in [0.29, 0.717) is 24.2 Å². The van der Waals surface area contributed by atoms with E-state index in [2.05, 4.69) is 10.4 Å². The van der Waals surface area contributed by atoms with Crippen molar-refractivity contribution in [1.29, 1.82) is 0 Å².